The van der Waals surface area contributed by atoms with Crippen molar-refractivity contribution in [3.63, 3.8) is 0 Å². The second-order valence-electron chi connectivity index (χ2n) is 6.97. The van der Waals surface area contributed by atoms with Gasteiger partial charge in [0, 0.05) is 12.4 Å². The Morgan fingerprint density at radius 1 is 1.23 bits per heavy atom. The quantitative estimate of drug-likeness (QED) is 0.679. The van der Waals surface area contributed by atoms with Gasteiger partial charge in [0.1, 0.15) is 12.4 Å². The molecule has 0 saturated heterocycles. The molecule has 0 amide bonds. The molecule has 0 spiro atoms. The predicted molar refractivity (Wildman–Crippen MR) is 101 cm³/mol. The van der Waals surface area contributed by atoms with E-state index in [1.807, 2.05) is 6.20 Å². The first-order chi connectivity index (χ1) is 12.8. The predicted octanol–water partition coefficient (Wildman–Crippen LogP) is 4.88. The van der Waals surface area contributed by atoms with Crippen molar-refractivity contribution in [2.45, 2.75) is 51.0 Å². The summed E-state index contributed by atoms with van der Waals surface area (Å²) in [6.07, 6.45) is 13.8. The van der Waals surface area contributed by atoms with Crippen LogP contribution < -0.4 is 4.74 Å². The molecule has 2 heterocycles. The van der Waals surface area contributed by atoms with Crippen molar-refractivity contribution in [3.05, 3.63) is 46.5 Å². The van der Waals surface area contributed by atoms with Crippen LogP contribution >= 0.6 is 11.6 Å². The van der Waals surface area contributed by atoms with Gasteiger partial charge in [-0.3, -0.25) is 14.5 Å². The molecule has 2 aliphatic carbocycles. The Balaban J connectivity index is 1.60. The third-order valence-electron chi connectivity index (χ3n) is 5.40. The molecule has 2 aliphatic rings. The van der Waals surface area contributed by atoms with Gasteiger partial charge in [-0.15, -0.1) is 0 Å². The summed E-state index contributed by atoms with van der Waals surface area (Å²) in [5.41, 5.74) is 4.23. The highest BCUT2D eigenvalue weighted by molar-refractivity contribution is 6.33. The fourth-order valence-corrected chi connectivity index (χ4v) is 3.93. The Morgan fingerprint density at radius 2 is 2.08 bits per heavy atom. The number of hydrogen-bond acceptors (Lipinski definition) is 4. The lowest BCUT2D eigenvalue weighted by Crippen LogP contribution is -2.21. The van der Waals surface area contributed by atoms with E-state index >= 15 is 0 Å². The van der Waals surface area contributed by atoms with Gasteiger partial charge in [-0.2, -0.15) is 5.10 Å². The van der Waals surface area contributed by atoms with Crippen molar-refractivity contribution >= 4 is 23.5 Å². The third-order valence-corrected chi connectivity index (χ3v) is 5.71. The molecule has 26 heavy (non-hydrogen) atoms. The molecule has 0 bridgehead atoms. The fourth-order valence-electron chi connectivity index (χ4n) is 3.73. The molecule has 0 unspecified atom stereocenters. The van der Waals surface area contributed by atoms with E-state index in [0.29, 0.717) is 29.0 Å². The number of pyridine rings is 1. The lowest BCUT2D eigenvalue weighted by atomic mass is 9.88. The summed E-state index contributed by atoms with van der Waals surface area (Å²) in [7, 11) is 0. The molecule has 1 saturated carbocycles. The van der Waals surface area contributed by atoms with E-state index in [4.69, 9.17) is 16.3 Å². The minimum atomic E-state index is 0.318. The van der Waals surface area contributed by atoms with Crippen LogP contribution in [0, 0.1) is 0 Å². The second kappa shape index (κ2) is 7.62. The SMILES string of the molecule is O=Cc1c(Cl)cncc1OCC1=C(c2ccnn2C2CCC2)CCCC1. The number of hydrogen-bond donors (Lipinski definition) is 0. The molecule has 0 aliphatic heterocycles. The fraction of sp³-hybridized carbons (Fsp3) is 0.450. The highest BCUT2D eigenvalue weighted by Crippen LogP contribution is 2.38. The maximum atomic E-state index is 11.3. The van der Waals surface area contributed by atoms with E-state index in [0.717, 1.165) is 25.5 Å². The Hall–Kier alpha value is -2.14. The van der Waals surface area contributed by atoms with Gasteiger partial charge in [-0.1, -0.05) is 11.6 Å². The minimum absolute atomic E-state index is 0.318. The first-order valence-corrected chi connectivity index (χ1v) is 9.62. The van der Waals surface area contributed by atoms with Crippen molar-refractivity contribution in [3.8, 4) is 5.75 Å². The summed E-state index contributed by atoms with van der Waals surface area (Å²) in [6, 6.07) is 2.66. The Morgan fingerprint density at radius 3 is 2.85 bits per heavy atom. The molecule has 0 atom stereocenters. The van der Waals surface area contributed by atoms with E-state index < -0.39 is 0 Å². The summed E-state index contributed by atoms with van der Waals surface area (Å²) in [5.74, 6) is 0.442. The average Bonchev–Trinajstić information content (AvgIpc) is 3.07. The Labute approximate surface area is 158 Å². The molecule has 0 N–H and O–H groups in total. The van der Waals surface area contributed by atoms with Gasteiger partial charge in [0.25, 0.3) is 0 Å². The molecule has 2 aromatic heterocycles. The molecule has 4 rings (SSSR count). The number of halogens is 1. The van der Waals surface area contributed by atoms with E-state index in [1.165, 1.54) is 48.7 Å². The highest BCUT2D eigenvalue weighted by Gasteiger charge is 2.25. The molecule has 1 fully saturated rings. The maximum absolute atomic E-state index is 11.3. The number of aromatic nitrogens is 3. The monoisotopic (exact) mass is 371 g/mol. The summed E-state index contributed by atoms with van der Waals surface area (Å²) in [5, 5.41) is 4.89. The van der Waals surface area contributed by atoms with Crippen LogP contribution in [0.1, 0.15) is 67.0 Å². The zero-order chi connectivity index (χ0) is 17.9. The standard InChI is InChI=1S/C20H22ClN3O2/c21-18-10-22-11-20(17(18)12-25)26-13-14-4-1-2-7-16(14)19-8-9-23-24(19)15-5-3-6-15/h8-12,15H,1-7,13H2. The number of aldehydes is 1. The van der Waals surface area contributed by atoms with Crippen molar-refractivity contribution in [2.24, 2.45) is 0 Å². The average molecular weight is 372 g/mol. The Bertz CT molecular complexity index is 839. The van der Waals surface area contributed by atoms with Crippen molar-refractivity contribution in [1.82, 2.24) is 14.8 Å². The molecule has 5 nitrogen and oxygen atoms in total. The topological polar surface area (TPSA) is 57.0 Å². The van der Waals surface area contributed by atoms with Crippen LogP contribution in [0.4, 0.5) is 0 Å². The molecule has 2 aromatic rings. The molecule has 0 radical (unpaired) electrons. The largest absolute Gasteiger partial charge is 0.487 e. The van der Waals surface area contributed by atoms with E-state index in [1.54, 1.807) is 6.20 Å². The molecular formula is C20H22ClN3O2. The lowest BCUT2D eigenvalue weighted by Gasteiger charge is -2.29. The number of ether oxygens (including phenoxy) is 1. The molecular weight excluding hydrogens is 350 g/mol. The van der Waals surface area contributed by atoms with E-state index in [9.17, 15) is 4.79 Å². The maximum Gasteiger partial charge on any atom is 0.155 e. The van der Waals surface area contributed by atoms with Crippen LogP contribution in [0.2, 0.25) is 5.02 Å². The molecule has 6 heteroatoms. The zero-order valence-electron chi connectivity index (χ0n) is 14.7. The summed E-state index contributed by atoms with van der Waals surface area (Å²) in [4.78, 5) is 15.3. The van der Waals surface area contributed by atoms with Gasteiger partial charge in [0.05, 0.1) is 28.5 Å². The van der Waals surface area contributed by atoms with Crippen LogP contribution in [-0.4, -0.2) is 27.7 Å². The van der Waals surface area contributed by atoms with E-state index in [-0.39, 0.29) is 0 Å². The second-order valence-corrected chi connectivity index (χ2v) is 7.38. The lowest BCUT2D eigenvalue weighted by molar-refractivity contribution is 0.112. The van der Waals surface area contributed by atoms with Gasteiger partial charge in [0.15, 0.2) is 6.29 Å². The molecule has 136 valence electrons. The van der Waals surface area contributed by atoms with Gasteiger partial charge in [-0.25, -0.2) is 0 Å². The normalized spacial score (nSPS) is 17.9. The van der Waals surface area contributed by atoms with Crippen LogP contribution in [0.15, 0.2) is 30.2 Å². The van der Waals surface area contributed by atoms with E-state index in [2.05, 4.69) is 20.8 Å². The zero-order valence-corrected chi connectivity index (χ0v) is 15.4. The van der Waals surface area contributed by atoms with Gasteiger partial charge in [0.2, 0.25) is 0 Å². The first kappa shape index (κ1) is 17.3. The van der Waals surface area contributed by atoms with Gasteiger partial charge < -0.3 is 4.74 Å². The van der Waals surface area contributed by atoms with Crippen molar-refractivity contribution in [1.29, 1.82) is 0 Å². The number of allylic oxidation sites excluding steroid dienone is 1. The summed E-state index contributed by atoms with van der Waals surface area (Å²) >= 11 is 6.04. The van der Waals surface area contributed by atoms with Crippen LogP contribution in [-0.2, 0) is 0 Å². The van der Waals surface area contributed by atoms with Crippen molar-refractivity contribution < 1.29 is 9.53 Å². The summed E-state index contributed by atoms with van der Waals surface area (Å²) < 4.78 is 8.15. The minimum Gasteiger partial charge on any atom is -0.487 e. The van der Waals surface area contributed by atoms with Crippen LogP contribution in [0.5, 0.6) is 5.75 Å². The number of carbonyl (C=O) groups excluding carboxylic acids is 1. The van der Waals surface area contributed by atoms with Crippen LogP contribution in [0.25, 0.3) is 5.57 Å². The smallest absolute Gasteiger partial charge is 0.155 e. The number of rotatable bonds is 6. The Kier molecular flexibility index (Phi) is 5.07. The number of carbonyl (C=O) groups is 1. The molecule has 0 aromatic carbocycles. The van der Waals surface area contributed by atoms with Gasteiger partial charge in [-0.05, 0) is 62.2 Å². The van der Waals surface area contributed by atoms with Gasteiger partial charge >= 0.3 is 0 Å². The summed E-state index contributed by atoms with van der Waals surface area (Å²) in [6.45, 7) is 0.452. The number of nitrogens with zero attached hydrogens (tertiary/aromatic N) is 3. The third kappa shape index (κ3) is 3.28. The first-order valence-electron chi connectivity index (χ1n) is 9.24. The van der Waals surface area contributed by atoms with Crippen molar-refractivity contribution in [2.75, 3.05) is 6.61 Å². The highest BCUT2D eigenvalue weighted by atomic mass is 35.5. The van der Waals surface area contributed by atoms with Crippen LogP contribution in [0.3, 0.4) is 0 Å².